The molecule has 7 rings (SSSR count). The van der Waals surface area contributed by atoms with Gasteiger partial charge in [0.05, 0.1) is 39.9 Å². The quantitative estimate of drug-likeness (QED) is 0.133. The Hall–Kier alpha value is -5.00. The van der Waals surface area contributed by atoms with Gasteiger partial charge in [-0.3, -0.25) is 19.5 Å². The van der Waals surface area contributed by atoms with Crippen LogP contribution in [0.2, 0.25) is 0 Å². The number of ether oxygens (including phenoxy) is 3. The summed E-state index contributed by atoms with van der Waals surface area (Å²) in [5.74, 6) is 1.84. The molecular formula is C36H28BrN3O6S. The van der Waals surface area contributed by atoms with E-state index in [0.717, 1.165) is 50.8 Å². The average Bonchev–Trinajstić information content (AvgIpc) is 3.40. The first kappa shape index (κ1) is 30.6. The number of fused-ring (bicyclic) bond motifs is 3. The molecular weight excluding hydrogens is 682 g/mol. The lowest BCUT2D eigenvalue weighted by Gasteiger charge is -2.31. The summed E-state index contributed by atoms with van der Waals surface area (Å²) in [6.45, 7) is 0.248. The highest BCUT2D eigenvalue weighted by Gasteiger charge is 2.33. The molecule has 9 nitrogen and oxygen atoms in total. The Bertz CT molecular complexity index is 2260. The van der Waals surface area contributed by atoms with Gasteiger partial charge < -0.3 is 14.2 Å². The fourth-order valence-electron chi connectivity index (χ4n) is 6.10. The molecule has 1 aliphatic heterocycles. The number of rotatable bonds is 8. The minimum absolute atomic E-state index is 0.0320. The zero-order chi connectivity index (χ0) is 32.7. The number of aryl methyl sites for hydroxylation is 1. The molecule has 1 atom stereocenters. The molecule has 0 radical (unpaired) electrons. The monoisotopic (exact) mass is 709 g/mol. The van der Waals surface area contributed by atoms with Gasteiger partial charge in [0.2, 0.25) is 0 Å². The molecule has 0 bridgehead atoms. The number of thiazole rings is 1. The van der Waals surface area contributed by atoms with Crippen molar-refractivity contribution < 1.29 is 19.1 Å². The Labute approximate surface area is 282 Å². The predicted molar refractivity (Wildman–Crippen MR) is 184 cm³/mol. The Kier molecular flexibility index (Phi) is 8.25. The van der Waals surface area contributed by atoms with E-state index in [2.05, 4.69) is 34.1 Å². The molecule has 0 N–H and O–H groups in total. The third kappa shape index (κ3) is 5.77. The zero-order valence-corrected chi connectivity index (χ0v) is 27.8. The number of nitro benzene ring substituents is 1. The number of methoxy groups -OCH3 is 2. The van der Waals surface area contributed by atoms with Gasteiger partial charge >= 0.3 is 0 Å². The molecule has 5 aromatic rings. The number of hydrogen-bond acceptors (Lipinski definition) is 8. The van der Waals surface area contributed by atoms with Crippen LogP contribution < -0.4 is 29.1 Å². The van der Waals surface area contributed by atoms with E-state index >= 15 is 0 Å². The van der Waals surface area contributed by atoms with E-state index < -0.39 is 4.92 Å². The highest BCUT2D eigenvalue weighted by molar-refractivity contribution is 9.10. The van der Waals surface area contributed by atoms with Crippen molar-refractivity contribution in [1.82, 2.24) is 4.57 Å². The molecule has 1 aliphatic carbocycles. The van der Waals surface area contributed by atoms with Crippen molar-refractivity contribution in [3.05, 3.63) is 153 Å². The predicted octanol–water partition coefficient (Wildman–Crippen LogP) is 6.59. The van der Waals surface area contributed by atoms with Crippen molar-refractivity contribution >= 4 is 44.7 Å². The van der Waals surface area contributed by atoms with Crippen LogP contribution in [0, 0.1) is 10.1 Å². The first-order valence-electron chi connectivity index (χ1n) is 14.9. The number of nitrogens with zero attached hydrogens (tertiary/aromatic N) is 3. The molecule has 0 saturated heterocycles. The van der Waals surface area contributed by atoms with Gasteiger partial charge in [-0.15, -0.1) is 0 Å². The van der Waals surface area contributed by atoms with Gasteiger partial charge in [0.1, 0.15) is 12.4 Å². The van der Waals surface area contributed by atoms with Crippen LogP contribution in [0.3, 0.4) is 0 Å². The van der Waals surface area contributed by atoms with Crippen LogP contribution in [-0.4, -0.2) is 23.7 Å². The molecule has 2 heterocycles. The van der Waals surface area contributed by atoms with Crippen LogP contribution >= 0.6 is 27.3 Å². The molecule has 1 aromatic heterocycles. The summed E-state index contributed by atoms with van der Waals surface area (Å²) < 4.78 is 20.2. The maximum atomic E-state index is 14.2. The lowest BCUT2D eigenvalue weighted by molar-refractivity contribution is -0.384. The minimum atomic E-state index is -0.430. The topological polar surface area (TPSA) is 105 Å². The number of aromatic nitrogens is 1. The van der Waals surface area contributed by atoms with Crippen molar-refractivity contribution in [3.8, 4) is 17.2 Å². The first-order valence-corrected chi connectivity index (χ1v) is 16.5. The Morgan fingerprint density at radius 3 is 2.49 bits per heavy atom. The van der Waals surface area contributed by atoms with E-state index in [1.165, 1.54) is 29.0 Å². The first-order chi connectivity index (χ1) is 22.8. The molecule has 2 aliphatic rings. The fourth-order valence-corrected chi connectivity index (χ4v) is 7.61. The molecule has 0 saturated carbocycles. The van der Waals surface area contributed by atoms with Gasteiger partial charge in [-0.05, 0) is 99.1 Å². The van der Waals surface area contributed by atoms with Crippen LogP contribution in [0.1, 0.15) is 40.3 Å². The standard InChI is InChI=1S/C36H28BrN3O6S/c1-44-30-16-11-24(19-31(30)45-2)34-27-14-10-23-5-3-4-6-26(23)33(27)38-36-39(34)35(41)32(47-36)18-22-9-15-29(28(37)17-22)46-20-21-7-12-25(13-8-21)40(42)43/h3-9,11-13,15-19,34H,10,14,20H2,1-2H3/b32-18-/t34-/m0/s1. The third-order valence-electron chi connectivity index (χ3n) is 8.39. The molecule has 0 fully saturated rings. The van der Waals surface area contributed by atoms with Crippen molar-refractivity contribution in [2.24, 2.45) is 4.99 Å². The zero-order valence-electron chi connectivity index (χ0n) is 25.4. The molecule has 47 heavy (non-hydrogen) atoms. The highest BCUT2D eigenvalue weighted by Crippen LogP contribution is 2.42. The SMILES string of the molecule is COc1ccc([C@H]2C3=C(N=c4s/c(=C\c5ccc(OCc6ccc([N+](=O)[O-])cc6)c(Br)c5)c(=O)n42)c2ccccc2CC3)cc1OC. The molecule has 0 unspecified atom stereocenters. The lowest BCUT2D eigenvalue weighted by Crippen LogP contribution is -2.38. The van der Waals surface area contributed by atoms with Gasteiger partial charge in [0.25, 0.3) is 11.2 Å². The second kappa shape index (κ2) is 12.7. The summed E-state index contributed by atoms with van der Waals surface area (Å²) in [5, 5.41) is 10.9. The number of allylic oxidation sites excluding steroid dienone is 1. The number of nitro groups is 1. The maximum absolute atomic E-state index is 14.2. The van der Waals surface area contributed by atoms with Gasteiger partial charge in [-0.1, -0.05) is 47.7 Å². The van der Waals surface area contributed by atoms with E-state index in [9.17, 15) is 14.9 Å². The van der Waals surface area contributed by atoms with Crippen molar-refractivity contribution in [2.45, 2.75) is 25.5 Å². The molecule has 0 amide bonds. The van der Waals surface area contributed by atoms with Crippen LogP contribution in [-0.2, 0) is 13.0 Å². The van der Waals surface area contributed by atoms with E-state index in [4.69, 9.17) is 19.2 Å². The molecule has 236 valence electrons. The Morgan fingerprint density at radius 1 is 0.979 bits per heavy atom. The van der Waals surface area contributed by atoms with Crippen LogP contribution in [0.15, 0.2) is 105 Å². The van der Waals surface area contributed by atoms with Gasteiger partial charge in [-0.2, -0.15) is 0 Å². The van der Waals surface area contributed by atoms with Crippen molar-refractivity contribution in [2.75, 3.05) is 14.2 Å². The highest BCUT2D eigenvalue weighted by atomic mass is 79.9. The second-order valence-electron chi connectivity index (χ2n) is 11.1. The summed E-state index contributed by atoms with van der Waals surface area (Å²) in [6.07, 6.45) is 3.52. The minimum Gasteiger partial charge on any atom is -0.493 e. The lowest BCUT2D eigenvalue weighted by atomic mass is 9.83. The average molecular weight is 711 g/mol. The summed E-state index contributed by atoms with van der Waals surface area (Å²) in [4.78, 5) is 30.4. The third-order valence-corrected chi connectivity index (χ3v) is 9.99. The number of hydrogen-bond donors (Lipinski definition) is 0. The number of halogens is 1. The van der Waals surface area contributed by atoms with Gasteiger partial charge in [0.15, 0.2) is 16.3 Å². The van der Waals surface area contributed by atoms with E-state index in [-0.39, 0.29) is 23.9 Å². The summed E-state index contributed by atoms with van der Waals surface area (Å²) in [6, 6.07) is 25.7. The Morgan fingerprint density at radius 2 is 1.74 bits per heavy atom. The van der Waals surface area contributed by atoms with E-state index in [1.54, 1.807) is 30.9 Å². The largest absolute Gasteiger partial charge is 0.493 e. The van der Waals surface area contributed by atoms with Crippen LogP contribution in [0.5, 0.6) is 17.2 Å². The molecule has 11 heteroatoms. The molecule has 0 spiro atoms. The summed E-state index contributed by atoms with van der Waals surface area (Å²) in [5.41, 5.74) is 6.85. The number of benzene rings is 4. The van der Waals surface area contributed by atoms with Crippen LogP contribution in [0.4, 0.5) is 5.69 Å². The van der Waals surface area contributed by atoms with E-state index in [1.807, 2.05) is 48.5 Å². The Balaban J connectivity index is 1.27. The molecule has 4 aromatic carbocycles. The van der Waals surface area contributed by atoms with Crippen molar-refractivity contribution in [3.63, 3.8) is 0 Å². The smallest absolute Gasteiger partial charge is 0.271 e. The van der Waals surface area contributed by atoms with Gasteiger partial charge in [-0.25, -0.2) is 4.99 Å². The summed E-state index contributed by atoms with van der Waals surface area (Å²) >= 11 is 4.97. The normalized spacial score (nSPS) is 15.3. The summed E-state index contributed by atoms with van der Waals surface area (Å²) in [7, 11) is 3.22. The second-order valence-corrected chi connectivity index (χ2v) is 13.0. The number of non-ortho nitro benzene ring substituents is 1. The van der Waals surface area contributed by atoms with Crippen LogP contribution in [0.25, 0.3) is 11.8 Å². The van der Waals surface area contributed by atoms with Crippen molar-refractivity contribution in [1.29, 1.82) is 0 Å². The van der Waals surface area contributed by atoms with Gasteiger partial charge in [0, 0.05) is 17.7 Å². The fraction of sp³-hybridized carbons (Fsp3) is 0.167. The maximum Gasteiger partial charge on any atom is 0.271 e. The van der Waals surface area contributed by atoms with E-state index in [0.29, 0.717) is 26.6 Å².